The van der Waals surface area contributed by atoms with Crippen LogP contribution in [0.1, 0.15) is 90.9 Å². The molecule has 0 radical (unpaired) electrons. The fourth-order valence-corrected chi connectivity index (χ4v) is 2.80. The summed E-state index contributed by atoms with van der Waals surface area (Å²) in [5.41, 5.74) is 0. The Morgan fingerprint density at radius 3 is 2.11 bits per heavy atom. The van der Waals surface area contributed by atoms with Crippen molar-refractivity contribution in [3.8, 4) is 0 Å². The van der Waals surface area contributed by atoms with Crippen LogP contribution >= 0.6 is 0 Å². The molecule has 0 aromatic heterocycles. The Kier molecular flexibility index (Phi) is 8.94. The Labute approximate surface area is 119 Å². The summed E-state index contributed by atoms with van der Waals surface area (Å²) in [6, 6.07) is 0. The summed E-state index contributed by atoms with van der Waals surface area (Å²) in [5.74, 6) is 0.527. The lowest BCUT2D eigenvalue weighted by molar-refractivity contribution is -0.152. The van der Waals surface area contributed by atoms with E-state index in [1.165, 1.54) is 51.4 Å². The second-order valence-electron chi connectivity index (χ2n) is 6.13. The lowest BCUT2D eigenvalue weighted by Gasteiger charge is -2.23. The van der Waals surface area contributed by atoms with Crippen LogP contribution in [-0.2, 0) is 9.53 Å². The Balaban J connectivity index is 2.43. The van der Waals surface area contributed by atoms with Gasteiger partial charge >= 0.3 is 5.97 Å². The van der Waals surface area contributed by atoms with E-state index >= 15 is 0 Å². The lowest BCUT2D eigenvalue weighted by atomic mass is 9.95. The molecule has 2 atom stereocenters. The zero-order chi connectivity index (χ0) is 13.9. The van der Waals surface area contributed by atoms with E-state index in [-0.39, 0.29) is 12.1 Å². The molecular weight excluding hydrogens is 236 g/mol. The number of ether oxygens (including phenoxy) is 1. The van der Waals surface area contributed by atoms with Gasteiger partial charge in [0.25, 0.3) is 0 Å². The van der Waals surface area contributed by atoms with Crippen molar-refractivity contribution in [1.82, 2.24) is 0 Å². The minimum atomic E-state index is 0.0300. The molecule has 0 saturated carbocycles. The van der Waals surface area contributed by atoms with Crippen LogP contribution in [0.4, 0.5) is 0 Å². The molecule has 0 amide bonds. The third-order valence-corrected chi connectivity index (χ3v) is 4.43. The second kappa shape index (κ2) is 10.3. The summed E-state index contributed by atoms with van der Waals surface area (Å²) in [6.07, 6.45) is 14.3. The van der Waals surface area contributed by atoms with Gasteiger partial charge in [-0.2, -0.15) is 0 Å². The average Bonchev–Trinajstić information content (AvgIpc) is 2.42. The monoisotopic (exact) mass is 268 g/mol. The number of esters is 1. The Morgan fingerprint density at radius 2 is 1.53 bits per heavy atom. The number of hydrogen-bond donors (Lipinski definition) is 0. The molecule has 1 heterocycles. The van der Waals surface area contributed by atoms with Gasteiger partial charge in [0.2, 0.25) is 0 Å². The molecule has 2 unspecified atom stereocenters. The molecule has 1 aliphatic heterocycles. The smallest absolute Gasteiger partial charge is 0.306 e. The minimum absolute atomic E-state index is 0.0300. The van der Waals surface area contributed by atoms with E-state index in [1.807, 2.05) is 0 Å². The van der Waals surface area contributed by atoms with Crippen LogP contribution in [0, 0.1) is 5.92 Å². The topological polar surface area (TPSA) is 26.3 Å². The van der Waals surface area contributed by atoms with Gasteiger partial charge in [-0.15, -0.1) is 0 Å². The van der Waals surface area contributed by atoms with E-state index in [0.717, 1.165) is 19.3 Å². The van der Waals surface area contributed by atoms with Crippen molar-refractivity contribution in [3.63, 3.8) is 0 Å². The number of cyclic esters (lactones) is 1. The Hall–Kier alpha value is -0.530. The van der Waals surface area contributed by atoms with Crippen molar-refractivity contribution in [2.24, 2.45) is 5.92 Å². The third kappa shape index (κ3) is 7.59. The lowest BCUT2D eigenvalue weighted by Crippen LogP contribution is -2.25. The molecule has 0 spiro atoms. The van der Waals surface area contributed by atoms with Gasteiger partial charge in [0.15, 0.2) is 0 Å². The quantitative estimate of drug-likeness (QED) is 0.639. The van der Waals surface area contributed by atoms with E-state index in [1.54, 1.807) is 0 Å². The molecule has 0 N–H and O–H groups in total. The Morgan fingerprint density at radius 1 is 1.00 bits per heavy atom. The summed E-state index contributed by atoms with van der Waals surface area (Å²) in [7, 11) is 0. The van der Waals surface area contributed by atoms with Crippen LogP contribution in [0.15, 0.2) is 0 Å². The molecule has 1 fully saturated rings. The van der Waals surface area contributed by atoms with Gasteiger partial charge in [-0.25, -0.2) is 0 Å². The minimum Gasteiger partial charge on any atom is -0.462 e. The summed E-state index contributed by atoms with van der Waals surface area (Å²) in [4.78, 5) is 11.9. The van der Waals surface area contributed by atoms with E-state index in [4.69, 9.17) is 4.74 Å². The molecule has 0 aromatic rings. The fraction of sp³-hybridized carbons (Fsp3) is 0.941. The standard InChI is InChI=1S/C17H32O2/c1-3-15(2)16-13-11-9-7-5-4-6-8-10-12-14-17(18)19-16/h15-16H,3-14H2,1-2H3. The molecule has 2 nitrogen and oxygen atoms in total. The van der Waals surface area contributed by atoms with Crippen LogP contribution < -0.4 is 0 Å². The highest BCUT2D eigenvalue weighted by molar-refractivity contribution is 5.69. The zero-order valence-electron chi connectivity index (χ0n) is 13.0. The highest BCUT2D eigenvalue weighted by atomic mass is 16.5. The molecule has 19 heavy (non-hydrogen) atoms. The van der Waals surface area contributed by atoms with E-state index in [2.05, 4.69) is 13.8 Å². The van der Waals surface area contributed by atoms with Crippen molar-refractivity contribution in [3.05, 3.63) is 0 Å². The summed E-state index contributed by atoms with van der Waals surface area (Å²) in [6.45, 7) is 4.39. The van der Waals surface area contributed by atoms with Crippen LogP contribution in [0.5, 0.6) is 0 Å². The third-order valence-electron chi connectivity index (χ3n) is 4.43. The van der Waals surface area contributed by atoms with Crippen LogP contribution in [0.2, 0.25) is 0 Å². The van der Waals surface area contributed by atoms with Gasteiger partial charge in [0.05, 0.1) is 0 Å². The highest BCUT2D eigenvalue weighted by Gasteiger charge is 2.19. The maximum absolute atomic E-state index is 11.9. The van der Waals surface area contributed by atoms with Gasteiger partial charge in [-0.3, -0.25) is 4.79 Å². The molecule has 1 aliphatic rings. The number of carbonyl (C=O) groups is 1. The van der Waals surface area contributed by atoms with Crippen molar-refractivity contribution >= 4 is 5.97 Å². The van der Waals surface area contributed by atoms with Crippen LogP contribution in [0.3, 0.4) is 0 Å². The molecule has 1 saturated heterocycles. The van der Waals surface area contributed by atoms with Crippen LogP contribution in [0.25, 0.3) is 0 Å². The summed E-state index contributed by atoms with van der Waals surface area (Å²) >= 11 is 0. The molecule has 1 rings (SSSR count). The number of hydrogen-bond acceptors (Lipinski definition) is 2. The average molecular weight is 268 g/mol. The van der Waals surface area contributed by atoms with Crippen molar-refractivity contribution in [2.45, 2.75) is 97.0 Å². The number of rotatable bonds is 2. The summed E-state index contributed by atoms with van der Waals surface area (Å²) < 4.78 is 5.71. The maximum Gasteiger partial charge on any atom is 0.306 e. The number of carbonyl (C=O) groups excluding carboxylic acids is 1. The maximum atomic E-state index is 11.9. The summed E-state index contributed by atoms with van der Waals surface area (Å²) in [5, 5.41) is 0. The molecular formula is C17H32O2. The highest BCUT2D eigenvalue weighted by Crippen LogP contribution is 2.21. The van der Waals surface area contributed by atoms with Gasteiger partial charge in [-0.05, 0) is 25.2 Å². The van der Waals surface area contributed by atoms with E-state index in [9.17, 15) is 4.79 Å². The van der Waals surface area contributed by atoms with Crippen LogP contribution in [-0.4, -0.2) is 12.1 Å². The normalized spacial score (nSPS) is 26.2. The fourth-order valence-electron chi connectivity index (χ4n) is 2.80. The zero-order valence-corrected chi connectivity index (χ0v) is 13.0. The molecule has 112 valence electrons. The van der Waals surface area contributed by atoms with Gasteiger partial charge in [0.1, 0.15) is 6.10 Å². The first-order valence-electron chi connectivity index (χ1n) is 8.43. The van der Waals surface area contributed by atoms with E-state index in [0.29, 0.717) is 12.3 Å². The molecule has 2 heteroatoms. The first kappa shape index (κ1) is 16.5. The van der Waals surface area contributed by atoms with Crippen molar-refractivity contribution < 1.29 is 9.53 Å². The predicted octanol–water partition coefficient (Wildman–Crippen LogP) is 5.25. The predicted molar refractivity (Wildman–Crippen MR) is 80.1 cm³/mol. The van der Waals surface area contributed by atoms with Crippen molar-refractivity contribution in [1.29, 1.82) is 0 Å². The molecule has 0 aliphatic carbocycles. The van der Waals surface area contributed by atoms with Gasteiger partial charge in [-0.1, -0.05) is 65.2 Å². The largest absolute Gasteiger partial charge is 0.462 e. The Bertz CT molecular complexity index is 237. The van der Waals surface area contributed by atoms with Gasteiger partial charge in [0, 0.05) is 6.42 Å². The van der Waals surface area contributed by atoms with E-state index < -0.39 is 0 Å². The van der Waals surface area contributed by atoms with Crippen molar-refractivity contribution in [2.75, 3.05) is 0 Å². The first-order chi connectivity index (χ1) is 9.24. The SMILES string of the molecule is CCC(C)C1CCCCCCCCCCCC(=O)O1. The first-order valence-corrected chi connectivity index (χ1v) is 8.43. The molecule has 0 bridgehead atoms. The van der Waals surface area contributed by atoms with Gasteiger partial charge < -0.3 is 4.74 Å². The molecule has 0 aromatic carbocycles. The second-order valence-corrected chi connectivity index (χ2v) is 6.13.